The van der Waals surface area contributed by atoms with E-state index < -0.39 is 0 Å². The Labute approximate surface area is 150 Å². The summed E-state index contributed by atoms with van der Waals surface area (Å²) in [5, 5.41) is 10.3. The molecule has 1 amide bonds. The lowest BCUT2D eigenvalue weighted by Gasteiger charge is -2.05. The quantitative estimate of drug-likeness (QED) is 0.735. The summed E-state index contributed by atoms with van der Waals surface area (Å²) >= 11 is 1.57. The summed E-state index contributed by atoms with van der Waals surface area (Å²) in [5.74, 6) is 1.14. The number of carbonyl (C=O) groups is 1. The Bertz CT molecular complexity index is 894. The van der Waals surface area contributed by atoms with Gasteiger partial charge in [0.05, 0.1) is 18.7 Å². The number of thiazole rings is 1. The van der Waals surface area contributed by atoms with E-state index in [1.54, 1.807) is 11.3 Å². The van der Waals surface area contributed by atoms with E-state index in [2.05, 4.69) is 39.8 Å². The molecule has 0 unspecified atom stereocenters. The number of rotatable bonds is 6. The molecule has 0 bridgehead atoms. The molecule has 25 heavy (non-hydrogen) atoms. The van der Waals surface area contributed by atoms with Crippen molar-refractivity contribution in [3.8, 4) is 0 Å². The normalized spacial score (nSPS) is 13.8. The van der Waals surface area contributed by atoms with E-state index in [0.29, 0.717) is 24.7 Å². The molecule has 3 aromatic rings. The number of benzene rings is 1. The van der Waals surface area contributed by atoms with Crippen LogP contribution >= 0.6 is 11.3 Å². The Morgan fingerprint density at radius 2 is 2.16 bits per heavy atom. The van der Waals surface area contributed by atoms with E-state index in [1.165, 1.54) is 24.0 Å². The molecule has 1 aliphatic rings. The summed E-state index contributed by atoms with van der Waals surface area (Å²) in [6.07, 6.45) is 4.65. The molecule has 1 saturated carbocycles. The summed E-state index contributed by atoms with van der Waals surface area (Å²) in [7, 11) is 0. The lowest BCUT2D eigenvalue weighted by molar-refractivity contribution is -0.115. The van der Waals surface area contributed by atoms with Gasteiger partial charge in [0.2, 0.25) is 5.91 Å². The Balaban J connectivity index is 1.35. The van der Waals surface area contributed by atoms with Gasteiger partial charge in [0.1, 0.15) is 5.01 Å². The number of nitrogens with zero attached hydrogens (tertiary/aromatic N) is 3. The van der Waals surface area contributed by atoms with Crippen molar-refractivity contribution in [2.24, 2.45) is 0 Å². The van der Waals surface area contributed by atoms with Gasteiger partial charge in [0, 0.05) is 23.6 Å². The van der Waals surface area contributed by atoms with Crippen LogP contribution < -0.4 is 5.32 Å². The first kappa shape index (κ1) is 16.0. The molecule has 1 aromatic carbocycles. The predicted molar refractivity (Wildman–Crippen MR) is 98.9 cm³/mol. The van der Waals surface area contributed by atoms with Gasteiger partial charge in [-0.3, -0.25) is 9.48 Å². The van der Waals surface area contributed by atoms with Crippen molar-refractivity contribution in [1.29, 1.82) is 0 Å². The van der Waals surface area contributed by atoms with Crippen LogP contribution in [0, 0.1) is 6.92 Å². The fourth-order valence-corrected chi connectivity index (χ4v) is 3.65. The minimum absolute atomic E-state index is 0.0714. The monoisotopic (exact) mass is 352 g/mol. The zero-order valence-electron chi connectivity index (χ0n) is 14.1. The number of aryl methyl sites for hydroxylation is 1. The van der Waals surface area contributed by atoms with Crippen LogP contribution in [0.15, 0.2) is 41.9 Å². The number of carbonyl (C=O) groups excluding carboxylic acids is 1. The topological polar surface area (TPSA) is 59.8 Å². The molecule has 2 aromatic heterocycles. The molecule has 1 aliphatic carbocycles. The Morgan fingerprint density at radius 3 is 2.96 bits per heavy atom. The second-order valence-corrected chi connectivity index (χ2v) is 7.43. The van der Waals surface area contributed by atoms with Crippen molar-refractivity contribution < 1.29 is 4.79 Å². The standard InChI is InChI=1S/C19H20N4OS/c1-13-4-2-3-5-15(13)11-23-9-8-17(22-23)21-18(24)10-19-20-16(12-25-19)14-6-7-14/h2-5,8-9,12,14H,6-7,10-11H2,1H3,(H,21,22,24). The molecule has 0 aliphatic heterocycles. The minimum Gasteiger partial charge on any atom is -0.309 e. The fraction of sp³-hybridized carbons (Fsp3) is 0.316. The number of anilines is 1. The van der Waals surface area contributed by atoms with Crippen LogP contribution in [0.25, 0.3) is 0 Å². The number of hydrogen-bond donors (Lipinski definition) is 1. The second kappa shape index (κ2) is 6.80. The summed E-state index contributed by atoms with van der Waals surface area (Å²) in [6.45, 7) is 2.78. The van der Waals surface area contributed by atoms with E-state index in [0.717, 1.165) is 10.7 Å². The lowest BCUT2D eigenvalue weighted by Crippen LogP contribution is -2.15. The van der Waals surface area contributed by atoms with Crippen LogP contribution in [-0.4, -0.2) is 20.7 Å². The van der Waals surface area contributed by atoms with E-state index >= 15 is 0 Å². The van der Waals surface area contributed by atoms with E-state index in [-0.39, 0.29) is 5.91 Å². The highest BCUT2D eigenvalue weighted by Gasteiger charge is 2.26. The van der Waals surface area contributed by atoms with Crippen LogP contribution in [-0.2, 0) is 17.8 Å². The predicted octanol–water partition coefficient (Wildman–Crippen LogP) is 3.75. The molecule has 128 valence electrons. The van der Waals surface area contributed by atoms with Crippen LogP contribution in [0.4, 0.5) is 5.82 Å². The van der Waals surface area contributed by atoms with Crippen LogP contribution in [0.5, 0.6) is 0 Å². The Kier molecular flexibility index (Phi) is 4.36. The smallest absolute Gasteiger partial charge is 0.232 e. The zero-order valence-corrected chi connectivity index (χ0v) is 14.9. The Hall–Kier alpha value is -2.47. The van der Waals surface area contributed by atoms with Gasteiger partial charge in [0.15, 0.2) is 5.82 Å². The largest absolute Gasteiger partial charge is 0.309 e. The van der Waals surface area contributed by atoms with Crippen molar-refractivity contribution in [3.05, 3.63) is 63.7 Å². The number of aromatic nitrogens is 3. The molecule has 1 fully saturated rings. The molecular weight excluding hydrogens is 332 g/mol. The third-order valence-electron chi connectivity index (χ3n) is 4.38. The third kappa shape index (κ3) is 3.96. The molecule has 4 rings (SSSR count). The summed E-state index contributed by atoms with van der Waals surface area (Å²) in [4.78, 5) is 16.8. The van der Waals surface area contributed by atoms with Gasteiger partial charge in [-0.15, -0.1) is 11.3 Å². The van der Waals surface area contributed by atoms with Crippen molar-refractivity contribution in [2.45, 2.75) is 38.6 Å². The lowest BCUT2D eigenvalue weighted by atomic mass is 10.1. The molecule has 0 spiro atoms. The second-order valence-electron chi connectivity index (χ2n) is 6.49. The maximum Gasteiger partial charge on any atom is 0.232 e. The molecule has 0 radical (unpaired) electrons. The molecule has 2 heterocycles. The van der Waals surface area contributed by atoms with Gasteiger partial charge in [0.25, 0.3) is 0 Å². The number of hydrogen-bond acceptors (Lipinski definition) is 4. The molecule has 5 nitrogen and oxygen atoms in total. The molecule has 6 heteroatoms. The molecule has 0 saturated heterocycles. The first-order valence-corrected chi connectivity index (χ1v) is 9.37. The van der Waals surface area contributed by atoms with E-state index in [9.17, 15) is 4.79 Å². The SMILES string of the molecule is Cc1ccccc1Cn1ccc(NC(=O)Cc2nc(C3CC3)cs2)n1. The number of nitrogens with one attached hydrogen (secondary N) is 1. The average Bonchev–Trinajstić information content (AvgIpc) is 3.19. The van der Waals surface area contributed by atoms with Gasteiger partial charge in [-0.25, -0.2) is 4.98 Å². The summed E-state index contributed by atoms with van der Waals surface area (Å²) in [6, 6.07) is 10.1. The highest BCUT2D eigenvalue weighted by atomic mass is 32.1. The molecule has 0 atom stereocenters. The van der Waals surface area contributed by atoms with Crippen molar-refractivity contribution in [1.82, 2.24) is 14.8 Å². The van der Waals surface area contributed by atoms with Gasteiger partial charge < -0.3 is 5.32 Å². The third-order valence-corrected chi connectivity index (χ3v) is 5.25. The first-order valence-electron chi connectivity index (χ1n) is 8.49. The van der Waals surface area contributed by atoms with Crippen molar-refractivity contribution in [2.75, 3.05) is 5.32 Å². The van der Waals surface area contributed by atoms with E-state index in [1.807, 2.05) is 29.1 Å². The maximum atomic E-state index is 12.2. The highest BCUT2D eigenvalue weighted by molar-refractivity contribution is 7.09. The first-order chi connectivity index (χ1) is 12.2. The summed E-state index contributed by atoms with van der Waals surface area (Å²) in [5.41, 5.74) is 3.60. The van der Waals surface area contributed by atoms with Crippen molar-refractivity contribution in [3.63, 3.8) is 0 Å². The van der Waals surface area contributed by atoms with Crippen LogP contribution in [0.2, 0.25) is 0 Å². The zero-order chi connectivity index (χ0) is 17.2. The fourth-order valence-electron chi connectivity index (χ4n) is 2.78. The van der Waals surface area contributed by atoms with E-state index in [4.69, 9.17) is 0 Å². The Morgan fingerprint density at radius 1 is 1.32 bits per heavy atom. The van der Waals surface area contributed by atoms with Gasteiger partial charge in [-0.1, -0.05) is 24.3 Å². The molecular formula is C19H20N4OS. The number of amides is 1. The highest BCUT2D eigenvalue weighted by Crippen LogP contribution is 2.40. The minimum atomic E-state index is -0.0714. The van der Waals surface area contributed by atoms with Crippen LogP contribution in [0.3, 0.4) is 0 Å². The summed E-state index contributed by atoms with van der Waals surface area (Å²) < 4.78 is 1.84. The maximum absolute atomic E-state index is 12.2. The van der Waals surface area contributed by atoms with Gasteiger partial charge in [-0.05, 0) is 30.9 Å². The van der Waals surface area contributed by atoms with Gasteiger partial charge >= 0.3 is 0 Å². The van der Waals surface area contributed by atoms with Crippen molar-refractivity contribution >= 4 is 23.1 Å². The van der Waals surface area contributed by atoms with Gasteiger partial charge in [-0.2, -0.15) is 5.10 Å². The average molecular weight is 352 g/mol. The molecule has 1 N–H and O–H groups in total. The van der Waals surface area contributed by atoms with Crippen LogP contribution in [0.1, 0.15) is 40.6 Å².